The van der Waals surface area contributed by atoms with Crippen LogP contribution in [0.4, 0.5) is 0 Å². The van der Waals surface area contributed by atoms with E-state index in [0.29, 0.717) is 35.1 Å². The normalized spacial score (nSPS) is 35.7. The standard InChI is InChI=1S/C57H59N3S3/c1-33-15-13-19-41-49-39(25-22-35(3)57(49,6)63-50(33)41)37-23-28-46-44(32-37)56(5)43(26-21-34(2)51(56)62-46)38-24-27-45-42(31-38)48-40(18-14-20-47(48)61-45)53-58-52(36-16-9-7-10-17-36)59-54(60-53)55(4)29-11-8-12-30-55/h7-14,16-20,23-29,31-35,49,51-54,58-60H,15,21-22,30H2,1-6H3/p+3. The highest BCUT2D eigenvalue weighted by atomic mass is 32.2. The SMILES string of the molecule is CC1CC=CC2=C1SC1(C)C(C)CC=C(c3ccc4c(c3)C3(C)C(c5ccc6sc7cccc(C8[NH2+]C(c9ccccc9)[NH2+]C(C9(C)C=CC=CC9)[NH2+]8)c7c6c5)=CCC(C)C3S4)C21. The molecule has 1 aromatic heterocycles. The van der Waals surface area contributed by atoms with Crippen LogP contribution in [0.5, 0.6) is 0 Å². The third kappa shape index (κ3) is 6.25. The molecule has 12 rings (SSSR count). The number of hydrogen-bond acceptors (Lipinski definition) is 3. The first-order valence-electron chi connectivity index (χ1n) is 23.7. The van der Waals surface area contributed by atoms with Crippen molar-refractivity contribution in [1.82, 2.24) is 0 Å². The second-order valence-corrected chi connectivity index (χ2v) is 24.5. The van der Waals surface area contributed by atoms with Gasteiger partial charge in [0.05, 0.1) is 16.5 Å². The van der Waals surface area contributed by atoms with Crippen LogP contribution in [0.2, 0.25) is 0 Å². The Morgan fingerprint density at radius 1 is 0.730 bits per heavy atom. The lowest BCUT2D eigenvalue weighted by Gasteiger charge is -2.43. The van der Waals surface area contributed by atoms with Crippen LogP contribution >= 0.6 is 34.9 Å². The molecule has 3 nitrogen and oxygen atoms in total. The van der Waals surface area contributed by atoms with E-state index in [1.54, 1.807) is 16.1 Å². The summed E-state index contributed by atoms with van der Waals surface area (Å²) in [5.74, 6) is 2.29. The molecule has 6 N–H and O–H groups in total. The van der Waals surface area contributed by atoms with E-state index in [1.807, 2.05) is 11.3 Å². The lowest BCUT2D eigenvalue weighted by atomic mass is 9.63. The van der Waals surface area contributed by atoms with Gasteiger partial charge in [-0.3, -0.25) is 0 Å². The third-order valence-corrected chi connectivity index (χ3v) is 21.7. The molecular formula is C57H62N3S3+3. The van der Waals surface area contributed by atoms with E-state index < -0.39 is 0 Å². The second-order valence-electron chi connectivity index (χ2n) is 20.8. The number of quaternary nitrogens is 3. The highest BCUT2D eigenvalue weighted by molar-refractivity contribution is 8.04. The lowest BCUT2D eigenvalue weighted by molar-refractivity contribution is -1.14. The van der Waals surface area contributed by atoms with Gasteiger partial charge >= 0.3 is 0 Å². The Bertz CT molecular complexity index is 2880. The molecule has 4 aliphatic carbocycles. The van der Waals surface area contributed by atoms with Crippen LogP contribution in [0.3, 0.4) is 0 Å². The van der Waals surface area contributed by atoms with E-state index in [-0.39, 0.29) is 27.9 Å². The monoisotopic (exact) mass is 884 g/mol. The van der Waals surface area contributed by atoms with Gasteiger partial charge in [-0.1, -0.05) is 113 Å². The van der Waals surface area contributed by atoms with Crippen molar-refractivity contribution in [2.24, 2.45) is 29.1 Å². The predicted molar refractivity (Wildman–Crippen MR) is 268 cm³/mol. The fraction of sp³-hybridized carbons (Fsp3) is 0.368. The first-order valence-corrected chi connectivity index (χ1v) is 26.3. The Balaban J connectivity index is 0.948. The Hall–Kier alpha value is -3.88. The van der Waals surface area contributed by atoms with Gasteiger partial charge in [-0.15, -0.1) is 34.9 Å². The van der Waals surface area contributed by atoms with Gasteiger partial charge in [0.2, 0.25) is 18.5 Å². The zero-order valence-electron chi connectivity index (χ0n) is 37.6. The molecule has 4 heterocycles. The van der Waals surface area contributed by atoms with Crippen molar-refractivity contribution in [3.05, 3.63) is 172 Å². The van der Waals surface area contributed by atoms with Crippen molar-refractivity contribution >= 4 is 66.2 Å². The molecule has 11 atom stereocenters. The van der Waals surface area contributed by atoms with Crippen molar-refractivity contribution < 1.29 is 16.0 Å². The van der Waals surface area contributed by atoms with Crippen LogP contribution in [-0.2, 0) is 5.41 Å². The quantitative estimate of drug-likeness (QED) is 0.165. The summed E-state index contributed by atoms with van der Waals surface area (Å²) < 4.78 is 2.97. The number of fused-ring (bicyclic) bond motifs is 8. The maximum absolute atomic E-state index is 2.67. The zero-order chi connectivity index (χ0) is 42.8. The van der Waals surface area contributed by atoms with Crippen LogP contribution in [-0.4, -0.2) is 16.2 Å². The summed E-state index contributed by atoms with van der Waals surface area (Å²) in [4.78, 5) is 3.13. The van der Waals surface area contributed by atoms with E-state index in [2.05, 4.69) is 215 Å². The van der Waals surface area contributed by atoms with Crippen molar-refractivity contribution in [3.63, 3.8) is 0 Å². The van der Waals surface area contributed by atoms with Gasteiger partial charge in [0, 0.05) is 46.4 Å². The maximum atomic E-state index is 2.67. The summed E-state index contributed by atoms with van der Waals surface area (Å²) in [6.07, 6.45) is 24.9. The smallest absolute Gasteiger partial charge is 0.244 e. The molecular weight excluding hydrogens is 823 g/mol. The largest absolute Gasteiger partial charge is 0.247 e. The van der Waals surface area contributed by atoms with Gasteiger partial charge in [0.15, 0.2) is 0 Å². The van der Waals surface area contributed by atoms with Crippen molar-refractivity contribution in [3.8, 4) is 0 Å². The number of rotatable bonds is 5. The molecule has 63 heavy (non-hydrogen) atoms. The molecule has 0 amide bonds. The molecule has 0 radical (unpaired) electrons. The highest BCUT2D eigenvalue weighted by Crippen LogP contribution is 2.65. The topological polar surface area (TPSA) is 49.8 Å². The van der Waals surface area contributed by atoms with Gasteiger partial charge < -0.3 is 0 Å². The third-order valence-electron chi connectivity index (χ3n) is 16.8. The number of nitrogens with two attached hydrogens (primary N) is 3. The molecule has 4 aromatic carbocycles. The number of hydrogen-bond donors (Lipinski definition) is 3. The average Bonchev–Trinajstić information content (AvgIpc) is 3.95. The zero-order valence-corrected chi connectivity index (χ0v) is 40.1. The van der Waals surface area contributed by atoms with E-state index >= 15 is 0 Å². The van der Waals surface area contributed by atoms with Gasteiger partial charge in [-0.25, -0.2) is 16.0 Å². The summed E-state index contributed by atoms with van der Waals surface area (Å²) in [7, 11) is 0. The van der Waals surface area contributed by atoms with E-state index in [9.17, 15) is 0 Å². The Morgan fingerprint density at radius 2 is 1.57 bits per heavy atom. The number of benzene rings is 4. The highest BCUT2D eigenvalue weighted by Gasteiger charge is 2.54. The molecule has 1 fully saturated rings. The summed E-state index contributed by atoms with van der Waals surface area (Å²) in [6, 6.07) is 33.4. The van der Waals surface area contributed by atoms with Gasteiger partial charge in [0.25, 0.3) is 0 Å². The molecule has 0 saturated carbocycles. The summed E-state index contributed by atoms with van der Waals surface area (Å²) in [5, 5.41) is 11.3. The lowest BCUT2D eigenvalue weighted by Crippen LogP contribution is -3.31. The van der Waals surface area contributed by atoms with Crippen LogP contribution in [0, 0.1) is 29.1 Å². The van der Waals surface area contributed by atoms with Gasteiger partial charge in [-0.2, -0.15) is 0 Å². The molecule has 0 spiro atoms. The molecule has 5 aromatic rings. The Labute approximate surface area is 386 Å². The summed E-state index contributed by atoms with van der Waals surface area (Å²) in [5.41, 5.74) is 11.9. The number of allylic oxidation sites excluding steroid dienone is 11. The maximum Gasteiger partial charge on any atom is 0.247 e. The minimum Gasteiger partial charge on any atom is -0.244 e. The van der Waals surface area contributed by atoms with Crippen molar-refractivity contribution in [2.45, 2.75) is 106 Å². The predicted octanol–water partition coefficient (Wildman–Crippen LogP) is 11.6. The van der Waals surface area contributed by atoms with E-state index in [0.717, 1.165) is 19.3 Å². The molecule has 320 valence electrons. The minimum absolute atomic E-state index is 0.0610. The average molecular weight is 885 g/mol. The van der Waals surface area contributed by atoms with Crippen LogP contribution < -0.4 is 16.0 Å². The molecule has 6 heteroatoms. The minimum atomic E-state index is -0.0930. The molecule has 11 unspecified atom stereocenters. The molecule has 7 aliphatic rings. The number of thioether (sulfide) groups is 2. The Morgan fingerprint density at radius 3 is 2.41 bits per heavy atom. The van der Waals surface area contributed by atoms with Gasteiger partial charge in [-0.05, 0) is 144 Å². The first-order chi connectivity index (χ1) is 30.5. The molecule has 3 aliphatic heterocycles. The van der Waals surface area contributed by atoms with Gasteiger partial charge in [0.1, 0.15) is 0 Å². The van der Waals surface area contributed by atoms with Crippen LogP contribution in [0.1, 0.15) is 107 Å². The summed E-state index contributed by atoms with van der Waals surface area (Å²) >= 11 is 6.34. The fourth-order valence-electron chi connectivity index (χ4n) is 13.0. The Kier molecular flexibility index (Phi) is 9.73. The molecule has 0 bridgehead atoms. The summed E-state index contributed by atoms with van der Waals surface area (Å²) in [6.45, 7) is 15.1. The van der Waals surface area contributed by atoms with Crippen molar-refractivity contribution in [2.75, 3.05) is 0 Å². The van der Waals surface area contributed by atoms with E-state index in [4.69, 9.17) is 0 Å². The van der Waals surface area contributed by atoms with Crippen LogP contribution in [0.15, 0.2) is 149 Å². The second kappa shape index (κ2) is 15.1. The fourth-order valence-corrected chi connectivity index (χ4v) is 17.6. The first kappa shape index (κ1) is 40.6. The van der Waals surface area contributed by atoms with E-state index in [1.165, 1.54) is 64.9 Å². The van der Waals surface area contributed by atoms with Crippen LogP contribution in [0.25, 0.3) is 31.3 Å². The molecule has 1 saturated heterocycles. The van der Waals surface area contributed by atoms with Crippen molar-refractivity contribution in [1.29, 1.82) is 0 Å². The number of thiophene rings is 1.